The number of fused-ring (bicyclic) bond motifs is 1. The summed E-state index contributed by atoms with van der Waals surface area (Å²) < 4.78 is 5.37. The summed E-state index contributed by atoms with van der Waals surface area (Å²) in [7, 11) is 2.16. The Morgan fingerprint density at radius 2 is 1.80 bits per heavy atom. The Morgan fingerprint density at radius 3 is 2.49 bits per heavy atom. The number of H-pyrrole nitrogens is 1. The summed E-state index contributed by atoms with van der Waals surface area (Å²) in [5, 5.41) is 3.81. The molecule has 0 aliphatic carbocycles. The summed E-state index contributed by atoms with van der Waals surface area (Å²) in [6, 6.07) is 16.6. The number of nitrogens with one attached hydrogen (secondary N) is 2. The third-order valence-corrected chi connectivity index (χ3v) is 7.42. The van der Waals surface area contributed by atoms with Crippen molar-refractivity contribution >= 4 is 34.3 Å². The SMILES string of the molecule is C=CC(=O)Nc1cc(-c2c(-c3ccc(N4CCN(C)CC4)cc3)[nH]c3ncc(CC(=O)OC(C)C)cc23)ccc1C.[HH].[HH]. The van der Waals surface area contributed by atoms with Gasteiger partial charge in [0.1, 0.15) is 5.65 Å². The van der Waals surface area contributed by atoms with Crippen LogP contribution in [0.3, 0.4) is 0 Å². The molecule has 1 fully saturated rings. The fourth-order valence-electron chi connectivity index (χ4n) is 5.20. The number of aromatic amines is 1. The number of carbonyl (C=O) groups excluding carboxylic acids is 2. The number of likely N-dealkylation sites (N-methyl/N-ethyl adjacent to an activating group) is 1. The molecule has 0 saturated carbocycles. The fourth-order valence-corrected chi connectivity index (χ4v) is 5.20. The van der Waals surface area contributed by atoms with Gasteiger partial charge in [-0.2, -0.15) is 0 Å². The number of rotatable bonds is 8. The lowest BCUT2D eigenvalue weighted by Gasteiger charge is -2.34. The molecule has 0 spiro atoms. The highest BCUT2D eigenvalue weighted by molar-refractivity contribution is 6.04. The van der Waals surface area contributed by atoms with E-state index in [0.29, 0.717) is 5.69 Å². The molecule has 1 saturated heterocycles. The van der Waals surface area contributed by atoms with Crippen LogP contribution in [0.15, 0.2) is 67.4 Å². The second-order valence-electron chi connectivity index (χ2n) is 10.9. The number of pyridine rings is 1. The van der Waals surface area contributed by atoms with Gasteiger partial charge in [-0.25, -0.2) is 4.98 Å². The average molecular weight is 556 g/mol. The molecule has 1 aliphatic heterocycles. The summed E-state index contributed by atoms with van der Waals surface area (Å²) >= 11 is 0. The molecule has 5 rings (SSSR count). The molecule has 2 aromatic carbocycles. The van der Waals surface area contributed by atoms with Gasteiger partial charge in [-0.3, -0.25) is 9.59 Å². The van der Waals surface area contributed by atoms with E-state index in [-0.39, 0.29) is 27.3 Å². The first kappa shape index (κ1) is 28.1. The van der Waals surface area contributed by atoms with Crippen LogP contribution in [0.5, 0.6) is 0 Å². The first-order valence-electron chi connectivity index (χ1n) is 14.0. The van der Waals surface area contributed by atoms with Crippen LogP contribution >= 0.6 is 0 Å². The lowest BCUT2D eigenvalue weighted by Crippen LogP contribution is -2.44. The van der Waals surface area contributed by atoms with Gasteiger partial charge >= 0.3 is 5.97 Å². The zero-order chi connectivity index (χ0) is 29.1. The maximum atomic E-state index is 12.4. The molecule has 0 atom stereocenters. The van der Waals surface area contributed by atoms with Crippen molar-refractivity contribution in [3.05, 3.63) is 78.5 Å². The highest BCUT2D eigenvalue weighted by Gasteiger charge is 2.20. The van der Waals surface area contributed by atoms with Crippen LogP contribution in [0.2, 0.25) is 0 Å². The van der Waals surface area contributed by atoms with Gasteiger partial charge in [-0.05, 0) is 80.4 Å². The molecule has 3 heterocycles. The van der Waals surface area contributed by atoms with Crippen molar-refractivity contribution in [3.63, 3.8) is 0 Å². The first-order chi connectivity index (χ1) is 19.7. The van der Waals surface area contributed by atoms with E-state index in [0.717, 1.165) is 70.7 Å². The minimum absolute atomic E-state index is 0. The number of aryl methyl sites for hydroxylation is 1. The van der Waals surface area contributed by atoms with E-state index < -0.39 is 0 Å². The summed E-state index contributed by atoms with van der Waals surface area (Å²) in [5.74, 6) is -0.556. The van der Waals surface area contributed by atoms with Crippen LogP contribution in [0.1, 0.15) is 27.8 Å². The predicted molar refractivity (Wildman–Crippen MR) is 169 cm³/mol. The largest absolute Gasteiger partial charge is 0.463 e. The van der Waals surface area contributed by atoms with Crippen molar-refractivity contribution in [2.75, 3.05) is 43.4 Å². The highest BCUT2D eigenvalue weighted by atomic mass is 16.5. The minimum atomic E-state index is -0.289. The zero-order valence-electron chi connectivity index (χ0n) is 24.2. The molecule has 0 radical (unpaired) electrons. The van der Waals surface area contributed by atoms with Crippen molar-refractivity contribution in [1.82, 2.24) is 14.9 Å². The fraction of sp³-hybridized carbons (Fsp3) is 0.303. The molecule has 1 amide bonds. The minimum Gasteiger partial charge on any atom is -0.463 e. The Bertz CT molecular complexity index is 1590. The van der Waals surface area contributed by atoms with E-state index in [1.54, 1.807) is 6.20 Å². The smallest absolute Gasteiger partial charge is 0.310 e. The second kappa shape index (κ2) is 12.0. The molecule has 0 unspecified atom stereocenters. The predicted octanol–water partition coefficient (Wildman–Crippen LogP) is 6.07. The lowest BCUT2D eigenvalue weighted by molar-refractivity contribution is -0.146. The number of hydrogen-bond donors (Lipinski definition) is 2. The van der Waals surface area contributed by atoms with Crippen molar-refractivity contribution in [1.29, 1.82) is 0 Å². The van der Waals surface area contributed by atoms with Crippen LogP contribution in [0.4, 0.5) is 11.4 Å². The van der Waals surface area contributed by atoms with E-state index in [1.165, 1.54) is 11.8 Å². The van der Waals surface area contributed by atoms with Gasteiger partial charge in [-0.1, -0.05) is 30.8 Å². The van der Waals surface area contributed by atoms with Crippen LogP contribution in [0.25, 0.3) is 33.4 Å². The van der Waals surface area contributed by atoms with E-state index in [1.807, 2.05) is 45.0 Å². The number of piperazine rings is 1. The molecule has 2 aromatic heterocycles. The summed E-state index contributed by atoms with van der Waals surface area (Å²) in [5.41, 5.74) is 8.16. The molecular weight excluding hydrogens is 514 g/mol. The molecular formula is C33H41N5O3. The number of nitrogens with zero attached hydrogens (tertiary/aromatic N) is 3. The highest BCUT2D eigenvalue weighted by Crippen LogP contribution is 2.40. The van der Waals surface area contributed by atoms with Crippen LogP contribution in [-0.2, 0) is 20.7 Å². The molecule has 41 heavy (non-hydrogen) atoms. The van der Waals surface area contributed by atoms with Crippen LogP contribution in [-0.4, -0.2) is 66.1 Å². The van der Waals surface area contributed by atoms with Crippen molar-refractivity contribution in [2.45, 2.75) is 33.3 Å². The molecule has 0 bridgehead atoms. The molecule has 216 valence electrons. The Hall–Kier alpha value is -4.43. The summed E-state index contributed by atoms with van der Waals surface area (Å²) in [6.07, 6.45) is 2.93. The van der Waals surface area contributed by atoms with Crippen molar-refractivity contribution in [2.24, 2.45) is 0 Å². The van der Waals surface area contributed by atoms with E-state index in [4.69, 9.17) is 4.74 Å². The van der Waals surface area contributed by atoms with Gasteiger partial charge < -0.3 is 24.8 Å². The number of carbonyl (C=O) groups is 2. The maximum absolute atomic E-state index is 12.4. The lowest BCUT2D eigenvalue weighted by atomic mass is 9.96. The molecule has 4 aromatic rings. The summed E-state index contributed by atoms with van der Waals surface area (Å²) in [4.78, 5) is 37.5. The number of aromatic nitrogens is 2. The van der Waals surface area contributed by atoms with Gasteiger partial charge in [0.2, 0.25) is 5.91 Å². The van der Waals surface area contributed by atoms with Gasteiger partial charge in [0.15, 0.2) is 0 Å². The number of ether oxygens (including phenoxy) is 1. The van der Waals surface area contributed by atoms with Gasteiger partial charge in [0.05, 0.1) is 18.2 Å². The molecule has 1 aliphatic rings. The first-order valence-corrected chi connectivity index (χ1v) is 14.0. The van der Waals surface area contributed by atoms with Gasteiger partial charge in [0, 0.05) is 57.6 Å². The molecule has 2 N–H and O–H groups in total. The Balaban J connectivity index is 0.00000253. The number of hydrogen-bond acceptors (Lipinski definition) is 6. The topological polar surface area (TPSA) is 90.6 Å². The van der Waals surface area contributed by atoms with Crippen LogP contribution in [0, 0.1) is 6.92 Å². The number of benzene rings is 2. The van der Waals surface area contributed by atoms with Gasteiger partial charge in [0.25, 0.3) is 0 Å². The third kappa shape index (κ3) is 6.33. The van der Waals surface area contributed by atoms with Crippen LogP contribution < -0.4 is 10.2 Å². The maximum Gasteiger partial charge on any atom is 0.310 e. The van der Waals surface area contributed by atoms with Crippen molar-refractivity contribution < 1.29 is 17.2 Å². The third-order valence-electron chi connectivity index (χ3n) is 7.42. The molecule has 8 nitrogen and oxygen atoms in total. The Labute approximate surface area is 244 Å². The summed E-state index contributed by atoms with van der Waals surface area (Å²) in [6.45, 7) is 13.3. The van der Waals surface area contributed by atoms with Gasteiger partial charge in [-0.15, -0.1) is 0 Å². The van der Waals surface area contributed by atoms with E-state index in [9.17, 15) is 9.59 Å². The average Bonchev–Trinajstić information content (AvgIpc) is 3.33. The monoisotopic (exact) mass is 555 g/mol. The number of anilines is 2. The zero-order valence-corrected chi connectivity index (χ0v) is 24.2. The van der Waals surface area contributed by atoms with E-state index in [2.05, 4.69) is 63.0 Å². The number of amides is 1. The standard InChI is InChI=1S/C33H37N5O3.2H2/c1-6-29(39)35-28-19-25(8-7-22(28)4)31-27-17-23(18-30(40)41-21(2)3)20-34-33(27)36-32(31)24-9-11-26(12-10-24)38-15-13-37(5)14-16-38;;/h6-12,17,19-21H,1,13-16,18H2,2-5H3,(H,34,36)(H,35,39);2*1H. The quantitative estimate of drug-likeness (QED) is 0.203. The Kier molecular flexibility index (Phi) is 8.21. The number of esters is 1. The van der Waals surface area contributed by atoms with Crippen molar-refractivity contribution in [3.8, 4) is 22.4 Å². The molecule has 8 heteroatoms. The normalized spacial score (nSPS) is 13.9. The van der Waals surface area contributed by atoms with E-state index >= 15 is 0 Å². The second-order valence-corrected chi connectivity index (χ2v) is 10.9. The Morgan fingerprint density at radius 1 is 1.10 bits per heavy atom.